The molecule has 0 unspecified atom stereocenters. The topological polar surface area (TPSA) is 95.1 Å². The number of para-hydroxylation sites is 1. The highest BCUT2D eigenvalue weighted by atomic mass is 32.2. The SMILES string of the molecule is O=C(CSc1n[nH]c(N/N=C\c2ccccc2)n1)Nc1ccccc1. The van der Waals surface area contributed by atoms with Crippen molar-refractivity contribution in [2.75, 3.05) is 16.5 Å². The Bertz CT molecular complexity index is 835. The van der Waals surface area contributed by atoms with Crippen molar-refractivity contribution >= 4 is 35.5 Å². The van der Waals surface area contributed by atoms with Crippen LogP contribution in [0.25, 0.3) is 0 Å². The van der Waals surface area contributed by atoms with Gasteiger partial charge in [-0.3, -0.25) is 4.79 Å². The van der Waals surface area contributed by atoms with Crippen molar-refractivity contribution in [3.8, 4) is 0 Å². The smallest absolute Gasteiger partial charge is 0.240 e. The van der Waals surface area contributed by atoms with Crippen LogP contribution in [0.3, 0.4) is 0 Å². The summed E-state index contributed by atoms with van der Waals surface area (Å²) in [5, 5.41) is 14.1. The number of benzene rings is 2. The molecule has 0 bridgehead atoms. The Kier molecular flexibility index (Phi) is 5.78. The second-order valence-corrected chi connectivity index (χ2v) is 5.89. The van der Waals surface area contributed by atoms with E-state index in [9.17, 15) is 4.79 Å². The second kappa shape index (κ2) is 8.65. The van der Waals surface area contributed by atoms with Gasteiger partial charge in [-0.05, 0) is 17.7 Å². The van der Waals surface area contributed by atoms with Gasteiger partial charge in [0.15, 0.2) is 0 Å². The molecule has 1 aromatic heterocycles. The summed E-state index contributed by atoms with van der Waals surface area (Å²) in [7, 11) is 0. The largest absolute Gasteiger partial charge is 0.325 e. The highest BCUT2D eigenvalue weighted by Gasteiger charge is 2.07. The quantitative estimate of drug-likeness (QED) is 0.345. The first kappa shape index (κ1) is 16.7. The number of thioether (sulfide) groups is 1. The third kappa shape index (κ3) is 5.47. The van der Waals surface area contributed by atoms with Gasteiger partial charge in [-0.1, -0.05) is 60.3 Å². The number of nitrogens with one attached hydrogen (secondary N) is 3. The lowest BCUT2D eigenvalue weighted by molar-refractivity contribution is -0.113. The first-order chi connectivity index (χ1) is 12.3. The average molecular weight is 352 g/mol. The lowest BCUT2D eigenvalue weighted by atomic mass is 10.2. The molecule has 0 saturated carbocycles. The second-order valence-electron chi connectivity index (χ2n) is 4.95. The molecule has 0 aliphatic rings. The summed E-state index contributed by atoms with van der Waals surface area (Å²) in [6.45, 7) is 0. The molecule has 3 aromatic rings. The molecular formula is C17H16N6OS. The van der Waals surface area contributed by atoms with Crippen molar-refractivity contribution in [2.45, 2.75) is 5.16 Å². The molecule has 2 aromatic carbocycles. The van der Waals surface area contributed by atoms with E-state index in [4.69, 9.17) is 0 Å². The van der Waals surface area contributed by atoms with Crippen molar-refractivity contribution in [1.82, 2.24) is 15.2 Å². The number of nitrogens with zero attached hydrogens (tertiary/aromatic N) is 3. The minimum atomic E-state index is -0.113. The van der Waals surface area contributed by atoms with Gasteiger partial charge in [-0.15, -0.1) is 5.10 Å². The number of hydrazone groups is 1. The molecule has 0 radical (unpaired) electrons. The molecular weight excluding hydrogens is 336 g/mol. The highest BCUT2D eigenvalue weighted by molar-refractivity contribution is 7.99. The summed E-state index contributed by atoms with van der Waals surface area (Å²) in [4.78, 5) is 16.1. The van der Waals surface area contributed by atoms with E-state index in [1.807, 2.05) is 60.7 Å². The Morgan fingerprint density at radius 3 is 2.60 bits per heavy atom. The molecule has 0 aliphatic carbocycles. The van der Waals surface area contributed by atoms with E-state index in [1.165, 1.54) is 11.8 Å². The van der Waals surface area contributed by atoms with Gasteiger partial charge in [0.1, 0.15) is 0 Å². The number of hydrogen-bond donors (Lipinski definition) is 3. The fourth-order valence-electron chi connectivity index (χ4n) is 1.92. The molecule has 0 atom stereocenters. The van der Waals surface area contributed by atoms with Crippen molar-refractivity contribution in [3.05, 3.63) is 66.2 Å². The third-order valence-electron chi connectivity index (χ3n) is 3.04. The Labute approximate surface area is 149 Å². The van der Waals surface area contributed by atoms with E-state index in [0.717, 1.165) is 11.3 Å². The predicted octanol–water partition coefficient (Wildman–Crippen LogP) is 2.98. The molecule has 0 fully saturated rings. The summed E-state index contributed by atoms with van der Waals surface area (Å²) in [5.74, 6) is 0.523. The van der Waals surface area contributed by atoms with Crippen molar-refractivity contribution in [2.24, 2.45) is 5.10 Å². The molecule has 126 valence electrons. The standard InChI is InChI=1S/C17H16N6OS/c24-15(19-14-9-5-2-6-10-14)12-25-17-20-16(22-23-17)21-18-11-13-7-3-1-4-8-13/h1-11H,12H2,(H,19,24)(H2,20,21,22,23)/b18-11-. The van der Waals surface area contributed by atoms with Crippen LogP contribution in [-0.2, 0) is 4.79 Å². The number of hydrogen-bond acceptors (Lipinski definition) is 6. The predicted molar refractivity (Wildman–Crippen MR) is 99.8 cm³/mol. The van der Waals surface area contributed by atoms with E-state index >= 15 is 0 Å². The summed E-state index contributed by atoms with van der Waals surface area (Å²) in [6, 6.07) is 19.0. The minimum absolute atomic E-state index is 0.113. The molecule has 3 rings (SSSR count). The van der Waals surface area contributed by atoms with Crippen molar-refractivity contribution in [1.29, 1.82) is 0 Å². The molecule has 1 heterocycles. The van der Waals surface area contributed by atoms with Gasteiger partial charge in [0.25, 0.3) is 0 Å². The molecule has 0 spiro atoms. The number of amides is 1. The molecule has 25 heavy (non-hydrogen) atoms. The van der Waals surface area contributed by atoms with Crippen LogP contribution >= 0.6 is 11.8 Å². The molecule has 0 saturated heterocycles. The van der Waals surface area contributed by atoms with E-state index < -0.39 is 0 Å². The molecule has 1 amide bonds. The number of rotatable bonds is 7. The van der Waals surface area contributed by atoms with Crippen LogP contribution in [0.5, 0.6) is 0 Å². The number of carbonyl (C=O) groups excluding carboxylic acids is 1. The molecule has 7 nitrogen and oxygen atoms in total. The average Bonchev–Trinajstić information content (AvgIpc) is 3.10. The molecule has 0 aliphatic heterocycles. The summed E-state index contributed by atoms with van der Waals surface area (Å²) >= 11 is 1.24. The minimum Gasteiger partial charge on any atom is -0.325 e. The zero-order valence-electron chi connectivity index (χ0n) is 13.2. The van der Waals surface area contributed by atoms with E-state index in [-0.39, 0.29) is 11.7 Å². The van der Waals surface area contributed by atoms with Gasteiger partial charge in [0.2, 0.25) is 17.0 Å². The molecule has 3 N–H and O–H groups in total. The van der Waals surface area contributed by atoms with Crippen LogP contribution in [0.4, 0.5) is 11.6 Å². The Hall–Kier alpha value is -3.13. The Morgan fingerprint density at radius 1 is 1.12 bits per heavy atom. The van der Waals surface area contributed by atoms with Gasteiger partial charge in [-0.2, -0.15) is 10.1 Å². The maximum Gasteiger partial charge on any atom is 0.240 e. The van der Waals surface area contributed by atoms with Gasteiger partial charge >= 0.3 is 0 Å². The van der Waals surface area contributed by atoms with E-state index in [0.29, 0.717) is 11.1 Å². The zero-order chi connectivity index (χ0) is 17.3. The summed E-state index contributed by atoms with van der Waals surface area (Å²) < 4.78 is 0. The number of anilines is 2. The van der Waals surface area contributed by atoms with Crippen LogP contribution < -0.4 is 10.7 Å². The Balaban J connectivity index is 1.45. The van der Waals surface area contributed by atoms with Crippen molar-refractivity contribution < 1.29 is 4.79 Å². The number of carbonyl (C=O) groups is 1. The van der Waals surface area contributed by atoms with E-state index in [2.05, 4.69) is 31.0 Å². The fourth-order valence-corrected chi connectivity index (χ4v) is 2.52. The van der Waals surface area contributed by atoms with Gasteiger partial charge in [0.05, 0.1) is 12.0 Å². The van der Waals surface area contributed by atoms with Crippen molar-refractivity contribution in [3.63, 3.8) is 0 Å². The van der Waals surface area contributed by atoms with Gasteiger partial charge in [0, 0.05) is 5.69 Å². The lowest BCUT2D eigenvalue weighted by Gasteiger charge is -2.02. The summed E-state index contributed by atoms with van der Waals surface area (Å²) in [5.41, 5.74) is 4.51. The van der Waals surface area contributed by atoms with Crippen LogP contribution in [0.15, 0.2) is 70.9 Å². The third-order valence-corrected chi connectivity index (χ3v) is 3.89. The zero-order valence-corrected chi connectivity index (χ0v) is 14.0. The van der Waals surface area contributed by atoms with Crippen LogP contribution in [0, 0.1) is 0 Å². The normalized spacial score (nSPS) is 10.7. The first-order valence-electron chi connectivity index (χ1n) is 7.54. The molecule has 8 heteroatoms. The summed E-state index contributed by atoms with van der Waals surface area (Å²) in [6.07, 6.45) is 1.68. The number of aromatic nitrogens is 3. The van der Waals surface area contributed by atoms with Gasteiger partial charge < -0.3 is 5.32 Å². The monoisotopic (exact) mass is 352 g/mol. The first-order valence-corrected chi connectivity index (χ1v) is 8.52. The van der Waals surface area contributed by atoms with Gasteiger partial charge in [-0.25, -0.2) is 10.5 Å². The maximum absolute atomic E-state index is 11.9. The highest BCUT2D eigenvalue weighted by Crippen LogP contribution is 2.15. The van der Waals surface area contributed by atoms with Crippen LogP contribution in [0.2, 0.25) is 0 Å². The lowest BCUT2D eigenvalue weighted by Crippen LogP contribution is -2.13. The maximum atomic E-state index is 11.9. The number of aromatic amines is 1. The Morgan fingerprint density at radius 2 is 1.84 bits per heavy atom. The number of H-pyrrole nitrogens is 1. The van der Waals surface area contributed by atoms with E-state index in [1.54, 1.807) is 6.21 Å². The van der Waals surface area contributed by atoms with Crippen LogP contribution in [0.1, 0.15) is 5.56 Å². The van der Waals surface area contributed by atoms with Crippen LogP contribution in [-0.4, -0.2) is 33.1 Å². The fraction of sp³-hybridized carbons (Fsp3) is 0.0588.